The number of carbonyl (C=O) groups is 1. The van der Waals surface area contributed by atoms with Crippen LogP contribution in [0.15, 0.2) is 11.6 Å². The summed E-state index contributed by atoms with van der Waals surface area (Å²) in [6.45, 7) is 7.74. The van der Waals surface area contributed by atoms with Gasteiger partial charge < -0.3 is 10.6 Å². The largest absolute Gasteiger partial charge is 0.337 e. The highest BCUT2D eigenvalue weighted by molar-refractivity contribution is 5.82. The van der Waals surface area contributed by atoms with E-state index in [4.69, 9.17) is 5.73 Å². The highest BCUT2D eigenvalue weighted by Gasteiger charge is 2.25. The quantitative estimate of drug-likeness (QED) is 0.718. The predicted molar refractivity (Wildman–Crippen MR) is 62.4 cm³/mol. The lowest BCUT2D eigenvalue weighted by Gasteiger charge is -2.30. The molecule has 0 fully saturated rings. The smallest absolute Gasteiger partial charge is 0.240 e. The third-order valence-corrected chi connectivity index (χ3v) is 3.19. The van der Waals surface area contributed by atoms with Crippen molar-refractivity contribution in [2.24, 2.45) is 11.7 Å². The highest BCUT2D eigenvalue weighted by atomic mass is 16.2. The van der Waals surface area contributed by atoms with Gasteiger partial charge in [0.15, 0.2) is 0 Å². The van der Waals surface area contributed by atoms with Gasteiger partial charge >= 0.3 is 0 Å². The molecule has 86 valence electrons. The molecule has 0 saturated heterocycles. The summed E-state index contributed by atoms with van der Waals surface area (Å²) in [5.74, 6) is 0.375. The summed E-state index contributed by atoms with van der Waals surface area (Å²) >= 11 is 0. The average Bonchev–Trinajstić information content (AvgIpc) is 2.26. The fourth-order valence-electron chi connectivity index (χ4n) is 1.81. The summed E-state index contributed by atoms with van der Waals surface area (Å²) in [4.78, 5) is 13.9. The molecule has 0 aromatic carbocycles. The predicted octanol–water partition coefficient (Wildman–Crippen LogP) is 1.54. The molecule has 1 amide bonds. The number of nitrogens with zero attached hydrogens (tertiary/aromatic N) is 1. The van der Waals surface area contributed by atoms with Gasteiger partial charge in [0.25, 0.3) is 0 Å². The van der Waals surface area contributed by atoms with E-state index in [2.05, 4.69) is 19.9 Å². The van der Waals surface area contributed by atoms with Crippen LogP contribution in [0.4, 0.5) is 0 Å². The Morgan fingerprint density at radius 2 is 2.33 bits per heavy atom. The van der Waals surface area contributed by atoms with Crippen molar-refractivity contribution in [1.82, 2.24) is 4.90 Å². The summed E-state index contributed by atoms with van der Waals surface area (Å²) in [6.07, 6.45) is 4.11. The van der Waals surface area contributed by atoms with Crippen LogP contribution in [0.5, 0.6) is 0 Å². The normalized spacial score (nSPS) is 20.8. The van der Waals surface area contributed by atoms with E-state index in [9.17, 15) is 4.79 Å². The molecule has 2 atom stereocenters. The van der Waals surface area contributed by atoms with E-state index in [1.807, 2.05) is 11.8 Å². The van der Waals surface area contributed by atoms with Crippen molar-refractivity contribution in [3.63, 3.8) is 0 Å². The number of hydrogen-bond acceptors (Lipinski definition) is 2. The Morgan fingerprint density at radius 1 is 1.67 bits per heavy atom. The van der Waals surface area contributed by atoms with Crippen molar-refractivity contribution >= 4 is 5.91 Å². The highest BCUT2D eigenvalue weighted by Crippen LogP contribution is 2.13. The van der Waals surface area contributed by atoms with Crippen LogP contribution in [0.3, 0.4) is 0 Å². The van der Waals surface area contributed by atoms with E-state index < -0.39 is 0 Å². The minimum absolute atomic E-state index is 0.108. The van der Waals surface area contributed by atoms with Crippen LogP contribution in [0.2, 0.25) is 0 Å². The van der Waals surface area contributed by atoms with Gasteiger partial charge in [-0.1, -0.05) is 31.9 Å². The van der Waals surface area contributed by atoms with Gasteiger partial charge in [0.1, 0.15) is 0 Å². The molecule has 3 heteroatoms. The van der Waals surface area contributed by atoms with Crippen LogP contribution >= 0.6 is 0 Å². The molecule has 2 N–H and O–H groups in total. The van der Waals surface area contributed by atoms with E-state index >= 15 is 0 Å². The zero-order chi connectivity index (χ0) is 11.4. The summed E-state index contributed by atoms with van der Waals surface area (Å²) < 4.78 is 0. The number of carbonyl (C=O) groups excluding carboxylic acids is 1. The molecule has 0 aromatic heterocycles. The molecule has 0 spiro atoms. The molecule has 0 saturated carbocycles. The molecule has 2 unspecified atom stereocenters. The molecular formula is C12H22N2O. The van der Waals surface area contributed by atoms with E-state index in [1.54, 1.807) is 0 Å². The van der Waals surface area contributed by atoms with Crippen LogP contribution in [-0.2, 0) is 4.79 Å². The van der Waals surface area contributed by atoms with E-state index in [0.717, 1.165) is 25.9 Å². The van der Waals surface area contributed by atoms with Crippen LogP contribution < -0.4 is 5.73 Å². The molecular weight excluding hydrogens is 188 g/mol. The van der Waals surface area contributed by atoms with Gasteiger partial charge in [-0.25, -0.2) is 0 Å². The minimum Gasteiger partial charge on any atom is -0.337 e. The molecule has 0 radical (unpaired) electrons. The number of nitrogens with two attached hydrogens (primary N) is 1. The zero-order valence-electron chi connectivity index (χ0n) is 9.99. The maximum Gasteiger partial charge on any atom is 0.240 e. The van der Waals surface area contributed by atoms with Crippen LogP contribution in [0, 0.1) is 5.92 Å². The molecule has 1 rings (SSSR count). The van der Waals surface area contributed by atoms with Gasteiger partial charge in [0.2, 0.25) is 5.91 Å². The maximum atomic E-state index is 12.0. The Hall–Kier alpha value is -0.830. The number of rotatable bonds is 3. The Kier molecular flexibility index (Phi) is 4.33. The maximum absolute atomic E-state index is 12.0. The molecule has 1 heterocycles. The molecule has 15 heavy (non-hydrogen) atoms. The summed E-state index contributed by atoms with van der Waals surface area (Å²) in [7, 11) is 0. The van der Waals surface area contributed by atoms with Gasteiger partial charge in [-0.05, 0) is 19.3 Å². The average molecular weight is 210 g/mol. The number of amides is 1. The number of hydrogen-bond donors (Lipinski definition) is 1. The first-order valence-corrected chi connectivity index (χ1v) is 5.76. The van der Waals surface area contributed by atoms with Crippen molar-refractivity contribution in [2.45, 2.75) is 39.7 Å². The standard InChI is InChI=1S/C12H22N2O/c1-4-10(3)11(13)12(15)14-7-5-6-9(2)8-14/h6,10-11H,4-5,7-8,13H2,1-3H3. The summed E-state index contributed by atoms with van der Waals surface area (Å²) in [6, 6.07) is -0.333. The lowest BCUT2D eigenvalue weighted by atomic mass is 9.98. The third kappa shape index (κ3) is 3.06. The molecule has 1 aliphatic rings. The van der Waals surface area contributed by atoms with Crippen molar-refractivity contribution in [2.75, 3.05) is 13.1 Å². The van der Waals surface area contributed by atoms with Gasteiger partial charge in [-0.3, -0.25) is 4.79 Å². The molecule has 3 nitrogen and oxygen atoms in total. The molecule has 0 aliphatic carbocycles. The fraction of sp³-hybridized carbons (Fsp3) is 0.750. The second kappa shape index (κ2) is 5.31. The van der Waals surface area contributed by atoms with Crippen molar-refractivity contribution in [3.8, 4) is 0 Å². The van der Waals surface area contributed by atoms with Gasteiger partial charge in [-0.15, -0.1) is 0 Å². The van der Waals surface area contributed by atoms with Crippen molar-refractivity contribution < 1.29 is 4.79 Å². The van der Waals surface area contributed by atoms with Gasteiger partial charge in [0, 0.05) is 13.1 Å². The SMILES string of the molecule is CCC(C)C(N)C(=O)N1CCC=C(C)C1. The Morgan fingerprint density at radius 3 is 2.87 bits per heavy atom. The monoisotopic (exact) mass is 210 g/mol. The second-order valence-corrected chi connectivity index (χ2v) is 4.51. The minimum atomic E-state index is -0.333. The molecule has 0 aromatic rings. The molecule has 1 aliphatic heterocycles. The van der Waals surface area contributed by atoms with Crippen LogP contribution in [0.1, 0.15) is 33.6 Å². The Balaban J connectivity index is 2.57. The van der Waals surface area contributed by atoms with Crippen LogP contribution in [0.25, 0.3) is 0 Å². The lowest BCUT2D eigenvalue weighted by molar-refractivity contribution is -0.133. The van der Waals surface area contributed by atoms with Gasteiger partial charge in [-0.2, -0.15) is 0 Å². The van der Waals surface area contributed by atoms with Crippen LogP contribution in [-0.4, -0.2) is 29.9 Å². The third-order valence-electron chi connectivity index (χ3n) is 3.19. The second-order valence-electron chi connectivity index (χ2n) is 4.51. The summed E-state index contributed by atoms with van der Waals surface area (Å²) in [5, 5.41) is 0. The molecule has 0 bridgehead atoms. The Labute approximate surface area is 92.3 Å². The van der Waals surface area contributed by atoms with E-state index in [0.29, 0.717) is 0 Å². The summed E-state index contributed by atoms with van der Waals surface area (Å²) in [5.41, 5.74) is 7.21. The lowest BCUT2D eigenvalue weighted by Crippen LogP contribution is -2.48. The zero-order valence-corrected chi connectivity index (χ0v) is 9.99. The van der Waals surface area contributed by atoms with Crippen molar-refractivity contribution in [3.05, 3.63) is 11.6 Å². The topological polar surface area (TPSA) is 46.3 Å². The fourth-order valence-corrected chi connectivity index (χ4v) is 1.81. The van der Waals surface area contributed by atoms with Gasteiger partial charge in [0.05, 0.1) is 6.04 Å². The Bertz CT molecular complexity index is 260. The first kappa shape index (κ1) is 12.2. The first-order chi connectivity index (χ1) is 7.06. The first-order valence-electron chi connectivity index (χ1n) is 5.76. The van der Waals surface area contributed by atoms with Crippen molar-refractivity contribution in [1.29, 1.82) is 0 Å². The van der Waals surface area contributed by atoms with E-state index in [-0.39, 0.29) is 17.9 Å². The van der Waals surface area contributed by atoms with E-state index in [1.165, 1.54) is 5.57 Å².